The molecular weight excluding hydrogens is 383 g/mol. The topological polar surface area (TPSA) is 62.3 Å². The van der Waals surface area contributed by atoms with Gasteiger partial charge in [0.15, 0.2) is 0 Å². The molecule has 4 rings (SSSR count). The third-order valence-electron chi connectivity index (χ3n) is 4.75. The van der Waals surface area contributed by atoms with Crippen LogP contribution in [0.3, 0.4) is 0 Å². The van der Waals surface area contributed by atoms with Crippen molar-refractivity contribution in [1.29, 1.82) is 0 Å². The van der Waals surface area contributed by atoms with Crippen LogP contribution >= 0.6 is 0 Å². The van der Waals surface area contributed by atoms with Gasteiger partial charge in [-0.1, -0.05) is 6.07 Å². The molecule has 1 N–H and O–H groups in total. The van der Waals surface area contributed by atoms with E-state index in [0.717, 1.165) is 23.0 Å². The maximum atomic E-state index is 13.4. The van der Waals surface area contributed by atoms with E-state index in [1.807, 2.05) is 6.07 Å². The van der Waals surface area contributed by atoms with E-state index in [2.05, 4.69) is 10.3 Å². The van der Waals surface area contributed by atoms with Crippen molar-refractivity contribution < 1.29 is 22.8 Å². The maximum absolute atomic E-state index is 13.4. The highest BCUT2D eigenvalue weighted by Crippen LogP contribution is 2.34. The van der Waals surface area contributed by atoms with Crippen LogP contribution in [0.15, 0.2) is 54.7 Å². The van der Waals surface area contributed by atoms with E-state index in [1.54, 1.807) is 30.5 Å². The number of benzene rings is 2. The van der Waals surface area contributed by atoms with Gasteiger partial charge in [-0.2, -0.15) is 13.2 Å². The third kappa shape index (κ3) is 3.91. The van der Waals surface area contributed by atoms with Crippen LogP contribution in [0.2, 0.25) is 0 Å². The summed E-state index contributed by atoms with van der Waals surface area (Å²) in [5.74, 6) is -0.940. The van der Waals surface area contributed by atoms with E-state index in [0.29, 0.717) is 18.7 Å². The molecule has 0 unspecified atom stereocenters. The average Bonchev–Trinajstić information content (AvgIpc) is 3.13. The molecule has 2 amide bonds. The minimum absolute atomic E-state index is 0.0789. The first kappa shape index (κ1) is 18.9. The molecule has 3 aromatic rings. The minimum atomic E-state index is -4.64. The number of carbonyl (C=O) groups excluding carboxylic acids is 2. The van der Waals surface area contributed by atoms with Crippen molar-refractivity contribution in [1.82, 2.24) is 4.98 Å². The first-order valence-electron chi connectivity index (χ1n) is 9.00. The third-order valence-corrected chi connectivity index (χ3v) is 4.75. The van der Waals surface area contributed by atoms with Crippen LogP contribution in [-0.2, 0) is 11.0 Å². The molecule has 8 heteroatoms. The van der Waals surface area contributed by atoms with E-state index in [1.165, 1.54) is 11.0 Å². The molecule has 5 nitrogen and oxygen atoms in total. The zero-order chi connectivity index (χ0) is 20.6. The molecule has 1 saturated heterocycles. The largest absolute Gasteiger partial charge is 0.416 e. The second kappa shape index (κ2) is 7.20. The summed E-state index contributed by atoms with van der Waals surface area (Å²) in [5, 5.41) is 3.41. The molecule has 0 radical (unpaired) electrons. The van der Waals surface area contributed by atoms with Crippen LogP contribution in [0.25, 0.3) is 10.9 Å². The van der Waals surface area contributed by atoms with Gasteiger partial charge in [-0.3, -0.25) is 14.6 Å². The fourth-order valence-corrected chi connectivity index (χ4v) is 3.34. The number of fused-ring (bicyclic) bond motifs is 1. The fourth-order valence-electron chi connectivity index (χ4n) is 3.34. The Bertz CT molecular complexity index is 1110. The van der Waals surface area contributed by atoms with Crippen LogP contribution in [0, 0.1) is 0 Å². The van der Waals surface area contributed by atoms with Crippen LogP contribution in [-0.4, -0.2) is 23.3 Å². The van der Waals surface area contributed by atoms with Crippen LogP contribution in [0.4, 0.5) is 24.5 Å². The highest BCUT2D eigenvalue weighted by molar-refractivity contribution is 6.06. The number of alkyl halides is 3. The molecule has 0 aliphatic carbocycles. The van der Waals surface area contributed by atoms with Crippen LogP contribution in [0.1, 0.15) is 28.8 Å². The van der Waals surface area contributed by atoms with Crippen molar-refractivity contribution >= 4 is 34.1 Å². The van der Waals surface area contributed by atoms with Crippen molar-refractivity contribution in [2.24, 2.45) is 0 Å². The molecule has 1 aliphatic rings. The molecule has 2 aromatic carbocycles. The number of halogens is 3. The highest BCUT2D eigenvalue weighted by Gasteiger charge is 2.33. The lowest BCUT2D eigenvalue weighted by Crippen LogP contribution is -2.25. The Morgan fingerprint density at radius 3 is 2.66 bits per heavy atom. The van der Waals surface area contributed by atoms with Gasteiger partial charge in [-0.05, 0) is 48.9 Å². The van der Waals surface area contributed by atoms with Gasteiger partial charge < -0.3 is 10.2 Å². The molecule has 2 heterocycles. The molecule has 0 saturated carbocycles. The van der Waals surface area contributed by atoms with E-state index >= 15 is 0 Å². The Balaban J connectivity index is 1.68. The minimum Gasteiger partial charge on any atom is -0.322 e. The van der Waals surface area contributed by atoms with Crippen molar-refractivity contribution in [2.45, 2.75) is 19.0 Å². The number of aromatic nitrogens is 1. The van der Waals surface area contributed by atoms with Gasteiger partial charge in [0.25, 0.3) is 5.91 Å². The van der Waals surface area contributed by atoms with Crippen molar-refractivity contribution in [3.05, 3.63) is 65.9 Å². The summed E-state index contributed by atoms with van der Waals surface area (Å²) in [6.07, 6.45) is -2.14. The number of amides is 2. The summed E-state index contributed by atoms with van der Waals surface area (Å²) in [6.45, 7) is 0.332. The summed E-state index contributed by atoms with van der Waals surface area (Å²) in [7, 11) is 0. The van der Waals surface area contributed by atoms with Gasteiger partial charge in [-0.15, -0.1) is 0 Å². The number of hydrogen-bond donors (Lipinski definition) is 1. The van der Waals surface area contributed by atoms with E-state index < -0.39 is 17.6 Å². The van der Waals surface area contributed by atoms with Crippen LogP contribution in [0.5, 0.6) is 0 Å². The number of pyridine rings is 1. The van der Waals surface area contributed by atoms with Gasteiger partial charge in [0, 0.05) is 41.5 Å². The van der Waals surface area contributed by atoms with E-state index in [-0.39, 0.29) is 23.6 Å². The zero-order valence-corrected chi connectivity index (χ0v) is 15.2. The van der Waals surface area contributed by atoms with Crippen molar-refractivity contribution in [3.8, 4) is 0 Å². The molecule has 0 bridgehead atoms. The predicted octanol–water partition coefficient (Wildman–Crippen LogP) is 4.63. The number of nitrogens with one attached hydrogen (secondary N) is 1. The lowest BCUT2D eigenvalue weighted by molar-refractivity contribution is -0.137. The van der Waals surface area contributed by atoms with Gasteiger partial charge in [0.05, 0.1) is 11.1 Å². The second-order valence-electron chi connectivity index (χ2n) is 6.78. The molecule has 148 valence electrons. The summed E-state index contributed by atoms with van der Waals surface area (Å²) < 4.78 is 40.1. The number of carbonyl (C=O) groups is 2. The van der Waals surface area contributed by atoms with Crippen LogP contribution < -0.4 is 10.2 Å². The maximum Gasteiger partial charge on any atom is 0.416 e. The van der Waals surface area contributed by atoms with E-state index in [9.17, 15) is 22.8 Å². The zero-order valence-electron chi connectivity index (χ0n) is 15.2. The highest BCUT2D eigenvalue weighted by atomic mass is 19.4. The second-order valence-corrected chi connectivity index (χ2v) is 6.78. The monoisotopic (exact) mass is 399 g/mol. The predicted molar refractivity (Wildman–Crippen MR) is 103 cm³/mol. The van der Waals surface area contributed by atoms with Crippen molar-refractivity contribution in [2.75, 3.05) is 16.8 Å². The summed E-state index contributed by atoms with van der Waals surface area (Å²) in [5.41, 5.74) is 0.115. The quantitative estimate of drug-likeness (QED) is 0.698. The molecule has 1 aromatic heterocycles. The number of nitrogens with zero attached hydrogens (tertiary/aromatic N) is 2. The van der Waals surface area contributed by atoms with E-state index in [4.69, 9.17) is 0 Å². The fraction of sp³-hybridized carbons (Fsp3) is 0.190. The van der Waals surface area contributed by atoms with Crippen molar-refractivity contribution in [3.63, 3.8) is 0 Å². The smallest absolute Gasteiger partial charge is 0.322 e. The Labute approximate surface area is 164 Å². The molecular formula is C21H16F3N3O2. The lowest BCUT2D eigenvalue weighted by Gasteiger charge is -2.19. The normalized spacial score (nSPS) is 14.4. The summed E-state index contributed by atoms with van der Waals surface area (Å²) in [4.78, 5) is 30.1. The number of rotatable bonds is 3. The molecule has 0 atom stereocenters. The molecule has 1 fully saturated rings. The standard InChI is InChI=1S/C21H16F3N3O2/c22-21(23,24)15-9-14(11-17(12-15)27-8-2-4-19(27)28)20(29)26-16-5-6-18-13(10-16)3-1-7-25-18/h1,3,5-7,9-12H,2,4,8H2,(H,26,29). The first-order valence-corrected chi connectivity index (χ1v) is 9.00. The number of anilines is 2. The van der Waals surface area contributed by atoms with Gasteiger partial charge in [0.2, 0.25) is 5.91 Å². The Hall–Kier alpha value is -3.42. The molecule has 1 aliphatic heterocycles. The number of hydrogen-bond acceptors (Lipinski definition) is 3. The first-order chi connectivity index (χ1) is 13.8. The Morgan fingerprint density at radius 2 is 1.93 bits per heavy atom. The lowest BCUT2D eigenvalue weighted by atomic mass is 10.1. The summed E-state index contributed by atoms with van der Waals surface area (Å²) in [6, 6.07) is 11.6. The molecule has 0 spiro atoms. The summed E-state index contributed by atoms with van der Waals surface area (Å²) >= 11 is 0. The van der Waals surface area contributed by atoms with Gasteiger partial charge in [-0.25, -0.2) is 0 Å². The Morgan fingerprint density at radius 1 is 1.10 bits per heavy atom. The Kier molecular flexibility index (Phi) is 4.70. The van der Waals surface area contributed by atoms with Gasteiger partial charge in [0.1, 0.15) is 0 Å². The molecule has 29 heavy (non-hydrogen) atoms. The SMILES string of the molecule is O=C(Nc1ccc2ncccc2c1)c1cc(N2CCCC2=O)cc(C(F)(F)F)c1. The average molecular weight is 399 g/mol. The van der Waals surface area contributed by atoms with Gasteiger partial charge >= 0.3 is 6.18 Å².